The van der Waals surface area contributed by atoms with E-state index >= 15 is 0 Å². The predicted octanol–water partition coefficient (Wildman–Crippen LogP) is 3.59. The SMILES string of the molecule is CCNC(=NCc1cc(Cl)c(Cl)n1C)NCC(=O)N1CCc2ccccc21.I. The molecule has 1 aliphatic heterocycles. The van der Waals surface area contributed by atoms with Crippen LogP contribution in [-0.2, 0) is 24.8 Å². The highest BCUT2D eigenvalue weighted by Gasteiger charge is 2.23. The van der Waals surface area contributed by atoms with Crippen LogP contribution < -0.4 is 15.5 Å². The molecule has 152 valence electrons. The van der Waals surface area contributed by atoms with E-state index in [0.717, 1.165) is 17.8 Å². The normalized spacial score (nSPS) is 13.1. The van der Waals surface area contributed by atoms with Gasteiger partial charge in [-0.2, -0.15) is 0 Å². The van der Waals surface area contributed by atoms with Gasteiger partial charge in [0.05, 0.1) is 18.1 Å². The molecule has 0 saturated carbocycles. The van der Waals surface area contributed by atoms with Crippen LogP contribution in [0.5, 0.6) is 0 Å². The average Bonchev–Trinajstić information content (AvgIpc) is 3.20. The Balaban J connectivity index is 0.00000280. The zero-order chi connectivity index (χ0) is 19.4. The van der Waals surface area contributed by atoms with Crippen LogP contribution in [0.3, 0.4) is 0 Å². The summed E-state index contributed by atoms with van der Waals surface area (Å²) in [6, 6.07) is 9.81. The van der Waals surface area contributed by atoms with Crippen molar-refractivity contribution in [2.24, 2.45) is 12.0 Å². The molecule has 6 nitrogen and oxygen atoms in total. The Bertz CT molecular complexity index is 868. The number of para-hydroxylation sites is 1. The van der Waals surface area contributed by atoms with E-state index in [-0.39, 0.29) is 36.4 Å². The molecule has 3 rings (SSSR count). The van der Waals surface area contributed by atoms with E-state index < -0.39 is 0 Å². The second-order valence-electron chi connectivity index (χ2n) is 6.31. The fourth-order valence-electron chi connectivity index (χ4n) is 3.09. The minimum atomic E-state index is 0. The van der Waals surface area contributed by atoms with Gasteiger partial charge >= 0.3 is 0 Å². The van der Waals surface area contributed by atoms with Crippen molar-refractivity contribution in [3.8, 4) is 0 Å². The monoisotopic (exact) mass is 535 g/mol. The largest absolute Gasteiger partial charge is 0.357 e. The number of guanidine groups is 1. The number of carbonyl (C=O) groups is 1. The molecule has 0 spiro atoms. The maximum absolute atomic E-state index is 12.6. The maximum atomic E-state index is 12.6. The Hall–Kier alpha value is -1.45. The molecular weight excluding hydrogens is 512 g/mol. The Morgan fingerprint density at radius 2 is 2.00 bits per heavy atom. The van der Waals surface area contributed by atoms with Gasteiger partial charge in [0, 0.05) is 31.5 Å². The number of anilines is 1. The number of rotatable bonds is 5. The predicted molar refractivity (Wildman–Crippen MR) is 126 cm³/mol. The van der Waals surface area contributed by atoms with Crippen LogP contribution in [0.15, 0.2) is 35.3 Å². The lowest BCUT2D eigenvalue weighted by Crippen LogP contribution is -2.44. The number of benzene rings is 1. The topological polar surface area (TPSA) is 61.7 Å². The molecule has 0 saturated heterocycles. The summed E-state index contributed by atoms with van der Waals surface area (Å²) < 4.78 is 1.79. The van der Waals surface area contributed by atoms with Gasteiger partial charge in [-0.15, -0.1) is 24.0 Å². The van der Waals surface area contributed by atoms with Gasteiger partial charge in [-0.25, -0.2) is 4.99 Å². The minimum absolute atomic E-state index is 0. The number of hydrogen-bond acceptors (Lipinski definition) is 2. The molecule has 0 aliphatic carbocycles. The third kappa shape index (κ3) is 5.12. The first kappa shape index (κ1) is 22.8. The molecule has 1 amide bonds. The van der Waals surface area contributed by atoms with Gasteiger partial charge < -0.3 is 20.1 Å². The van der Waals surface area contributed by atoms with Crippen molar-refractivity contribution in [3.05, 3.63) is 51.8 Å². The Labute approximate surface area is 192 Å². The van der Waals surface area contributed by atoms with E-state index in [1.807, 2.05) is 37.1 Å². The molecule has 2 heterocycles. The van der Waals surface area contributed by atoms with Gasteiger partial charge in [-0.3, -0.25) is 4.79 Å². The quantitative estimate of drug-likeness (QED) is 0.349. The Kier molecular flexibility index (Phi) is 8.45. The van der Waals surface area contributed by atoms with Crippen molar-refractivity contribution in [3.63, 3.8) is 0 Å². The molecule has 1 aromatic carbocycles. The minimum Gasteiger partial charge on any atom is -0.357 e. The fourth-order valence-corrected chi connectivity index (χ4v) is 3.51. The van der Waals surface area contributed by atoms with Gasteiger partial charge in [-0.05, 0) is 31.0 Å². The van der Waals surface area contributed by atoms with E-state index in [1.165, 1.54) is 5.56 Å². The second-order valence-corrected chi connectivity index (χ2v) is 7.07. The number of nitrogens with one attached hydrogen (secondary N) is 2. The molecular formula is C19H24Cl2IN5O. The van der Waals surface area contributed by atoms with E-state index in [4.69, 9.17) is 23.2 Å². The lowest BCUT2D eigenvalue weighted by atomic mass is 10.2. The number of carbonyl (C=O) groups excluding carboxylic acids is 1. The molecule has 0 atom stereocenters. The molecule has 0 bridgehead atoms. The van der Waals surface area contributed by atoms with Crippen LogP contribution in [0.1, 0.15) is 18.2 Å². The number of amides is 1. The summed E-state index contributed by atoms with van der Waals surface area (Å²) in [5.74, 6) is 0.599. The molecule has 0 radical (unpaired) electrons. The van der Waals surface area contributed by atoms with Gasteiger partial charge in [0.15, 0.2) is 5.96 Å². The van der Waals surface area contributed by atoms with Crippen LogP contribution in [0.4, 0.5) is 5.69 Å². The number of aromatic nitrogens is 1. The number of nitrogens with zero attached hydrogens (tertiary/aromatic N) is 3. The highest BCUT2D eigenvalue weighted by molar-refractivity contribution is 14.0. The van der Waals surface area contributed by atoms with Gasteiger partial charge in [0.1, 0.15) is 5.15 Å². The zero-order valence-corrected chi connectivity index (χ0v) is 19.7. The van der Waals surface area contributed by atoms with E-state index in [0.29, 0.717) is 35.8 Å². The summed E-state index contributed by atoms with van der Waals surface area (Å²) in [6.07, 6.45) is 0.894. The Morgan fingerprint density at radius 3 is 2.68 bits per heavy atom. The van der Waals surface area contributed by atoms with Crippen molar-refractivity contribution in [2.75, 3.05) is 24.5 Å². The van der Waals surface area contributed by atoms with Gasteiger partial charge in [-0.1, -0.05) is 41.4 Å². The number of aliphatic imine (C=N–C) groups is 1. The van der Waals surface area contributed by atoms with Crippen molar-refractivity contribution in [1.29, 1.82) is 0 Å². The summed E-state index contributed by atoms with van der Waals surface area (Å²) in [5.41, 5.74) is 3.10. The Morgan fingerprint density at radius 1 is 1.25 bits per heavy atom. The maximum Gasteiger partial charge on any atom is 0.246 e. The lowest BCUT2D eigenvalue weighted by molar-refractivity contribution is -0.117. The van der Waals surface area contributed by atoms with E-state index in [9.17, 15) is 4.79 Å². The zero-order valence-electron chi connectivity index (χ0n) is 15.8. The van der Waals surface area contributed by atoms with Crippen LogP contribution in [0.2, 0.25) is 10.2 Å². The number of hydrogen-bond donors (Lipinski definition) is 2. The third-order valence-corrected chi connectivity index (χ3v) is 5.40. The second kappa shape index (κ2) is 10.4. The van der Waals surface area contributed by atoms with Crippen molar-refractivity contribution < 1.29 is 4.79 Å². The van der Waals surface area contributed by atoms with E-state index in [1.54, 1.807) is 10.6 Å². The van der Waals surface area contributed by atoms with Crippen molar-refractivity contribution >= 4 is 64.7 Å². The first-order chi connectivity index (χ1) is 13.0. The molecule has 1 aromatic heterocycles. The molecule has 2 aromatic rings. The van der Waals surface area contributed by atoms with Crippen LogP contribution >= 0.6 is 47.2 Å². The van der Waals surface area contributed by atoms with Crippen LogP contribution in [0, 0.1) is 0 Å². The highest BCUT2D eigenvalue weighted by Crippen LogP contribution is 2.27. The number of halogens is 3. The standard InChI is InChI=1S/C19H23Cl2N5O.HI/c1-3-22-19(23-11-14-10-15(20)18(21)25(14)2)24-12-17(27)26-9-8-13-6-4-5-7-16(13)26;/h4-7,10H,3,8-9,11-12H2,1-2H3,(H2,22,23,24);1H. The van der Waals surface area contributed by atoms with E-state index in [2.05, 4.69) is 21.7 Å². The highest BCUT2D eigenvalue weighted by atomic mass is 127. The summed E-state index contributed by atoms with van der Waals surface area (Å²) in [7, 11) is 1.84. The van der Waals surface area contributed by atoms with Crippen LogP contribution in [0.25, 0.3) is 0 Å². The molecule has 28 heavy (non-hydrogen) atoms. The lowest BCUT2D eigenvalue weighted by Gasteiger charge is -2.18. The van der Waals surface area contributed by atoms with Gasteiger partial charge in [0.25, 0.3) is 0 Å². The van der Waals surface area contributed by atoms with Crippen molar-refractivity contribution in [1.82, 2.24) is 15.2 Å². The summed E-state index contributed by atoms with van der Waals surface area (Å²) in [5, 5.41) is 7.26. The first-order valence-corrected chi connectivity index (χ1v) is 9.67. The number of fused-ring (bicyclic) bond motifs is 1. The molecule has 9 heteroatoms. The molecule has 0 fully saturated rings. The van der Waals surface area contributed by atoms with Gasteiger partial charge in [0.2, 0.25) is 5.91 Å². The fraction of sp³-hybridized carbons (Fsp3) is 0.368. The summed E-state index contributed by atoms with van der Waals surface area (Å²) >= 11 is 12.1. The summed E-state index contributed by atoms with van der Waals surface area (Å²) in [6.45, 7) is 3.97. The summed E-state index contributed by atoms with van der Waals surface area (Å²) in [4.78, 5) is 19.0. The molecule has 0 unspecified atom stereocenters. The van der Waals surface area contributed by atoms with Crippen molar-refractivity contribution in [2.45, 2.75) is 19.9 Å². The molecule has 1 aliphatic rings. The molecule has 2 N–H and O–H groups in total. The van der Waals surface area contributed by atoms with Crippen LogP contribution in [-0.4, -0.2) is 36.1 Å². The smallest absolute Gasteiger partial charge is 0.246 e. The first-order valence-electron chi connectivity index (χ1n) is 8.91. The third-order valence-electron chi connectivity index (χ3n) is 4.55. The average molecular weight is 536 g/mol.